The molecule has 0 bridgehead atoms. The maximum absolute atomic E-state index is 13.4. The topological polar surface area (TPSA) is 52.6 Å². The lowest BCUT2D eigenvalue weighted by atomic mass is 9.44. The van der Waals surface area contributed by atoms with Crippen LogP contribution in [0.5, 0.6) is 0 Å². The zero-order valence-corrected chi connectivity index (χ0v) is 28.4. The Labute approximate surface area is 272 Å². The molecule has 45 heavy (non-hydrogen) atoms. The number of ether oxygens (including phenoxy) is 2. The molecule has 0 N–H and O–H groups in total. The predicted molar refractivity (Wildman–Crippen MR) is 180 cm³/mol. The molecule has 0 radical (unpaired) electrons. The van der Waals surface area contributed by atoms with E-state index in [0.717, 1.165) is 42.4 Å². The summed E-state index contributed by atoms with van der Waals surface area (Å²) in [5, 5.41) is 0. The number of fused-ring (bicyclic) bond motifs is 5. The van der Waals surface area contributed by atoms with Crippen LogP contribution in [0.4, 0.5) is 0 Å². The van der Waals surface area contributed by atoms with E-state index >= 15 is 0 Å². The summed E-state index contributed by atoms with van der Waals surface area (Å²) in [7, 11) is 0. The van der Waals surface area contributed by atoms with Crippen LogP contribution >= 0.6 is 0 Å². The third-order valence-electron chi connectivity index (χ3n) is 13.4. The van der Waals surface area contributed by atoms with Crippen molar-refractivity contribution in [1.29, 1.82) is 0 Å². The van der Waals surface area contributed by atoms with Crippen molar-refractivity contribution in [2.75, 3.05) is 0 Å². The van der Waals surface area contributed by atoms with Crippen molar-refractivity contribution in [2.24, 2.45) is 52.3 Å². The molecular weight excluding hydrogens is 556 g/mol. The van der Waals surface area contributed by atoms with E-state index in [9.17, 15) is 9.59 Å². The van der Waals surface area contributed by atoms with Gasteiger partial charge in [0, 0.05) is 0 Å². The second kappa shape index (κ2) is 13.2. The van der Waals surface area contributed by atoms with Gasteiger partial charge in [-0.3, -0.25) is 0 Å². The number of carbonyl (C=O) groups is 2. The summed E-state index contributed by atoms with van der Waals surface area (Å²) >= 11 is 0. The highest BCUT2D eigenvalue weighted by Gasteiger charge is 2.62. The first-order valence-corrected chi connectivity index (χ1v) is 18.1. The zero-order valence-electron chi connectivity index (χ0n) is 28.4. The van der Waals surface area contributed by atoms with Crippen LogP contribution in [0.15, 0.2) is 60.7 Å². The van der Waals surface area contributed by atoms with Gasteiger partial charge in [0.2, 0.25) is 0 Å². The molecule has 4 aliphatic rings. The molecule has 4 saturated carbocycles. The Kier molecular flexibility index (Phi) is 9.51. The van der Waals surface area contributed by atoms with Crippen LogP contribution in [-0.4, -0.2) is 24.1 Å². The van der Waals surface area contributed by atoms with Gasteiger partial charge < -0.3 is 9.47 Å². The second-order valence-electron chi connectivity index (χ2n) is 16.2. The van der Waals surface area contributed by atoms with Gasteiger partial charge in [0.25, 0.3) is 0 Å². The van der Waals surface area contributed by atoms with Gasteiger partial charge in [0.05, 0.1) is 11.1 Å². The molecule has 0 heterocycles. The first-order valence-electron chi connectivity index (χ1n) is 18.1. The molecule has 0 saturated heterocycles. The van der Waals surface area contributed by atoms with Crippen molar-refractivity contribution in [3.05, 3.63) is 71.8 Å². The third kappa shape index (κ3) is 6.37. The molecule has 0 unspecified atom stereocenters. The summed E-state index contributed by atoms with van der Waals surface area (Å²) in [6, 6.07) is 18.5. The summed E-state index contributed by atoms with van der Waals surface area (Å²) in [6.45, 7) is 12.4. The molecule has 0 amide bonds. The summed E-state index contributed by atoms with van der Waals surface area (Å²) in [6.07, 6.45) is 12.6. The average molecular weight is 613 g/mol. The molecule has 4 heteroatoms. The molecule has 0 spiro atoms. The normalized spacial score (nSPS) is 36.4. The van der Waals surface area contributed by atoms with Crippen molar-refractivity contribution in [2.45, 2.75) is 117 Å². The maximum atomic E-state index is 13.4. The van der Waals surface area contributed by atoms with Crippen molar-refractivity contribution in [1.82, 2.24) is 0 Å². The highest BCUT2D eigenvalue weighted by atomic mass is 16.6. The lowest BCUT2D eigenvalue weighted by molar-refractivity contribution is -0.163. The van der Waals surface area contributed by atoms with Crippen molar-refractivity contribution >= 4 is 11.9 Å². The third-order valence-corrected chi connectivity index (χ3v) is 13.4. The number of benzene rings is 2. The average Bonchev–Trinajstić information content (AvgIpc) is 3.39. The number of esters is 2. The van der Waals surface area contributed by atoms with E-state index in [4.69, 9.17) is 9.47 Å². The molecule has 0 aliphatic heterocycles. The first-order chi connectivity index (χ1) is 21.6. The molecule has 4 aliphatic carbocycles. The monoisotopic (exact) mass is 612 g/mol. The van der Waals surface area contributed by atoms with Gasteiger partial charge in [0.1, 0.15) is 12.2 Å². The molecular formula is C41H56O4. The SMILES string of the molecule is CC(C)CCC[C@@H](C)[C@H]1CC[C@H]2[C@@H]3CC[C@H]4C[C@@H](OC(=O)c5ccccc5)[C@H](OC(=O)c5ccccc5)C[C@]4(C)[C@H]3CC[C@]12C. The number of carbonyl (C=O) groups excluding carboxylic acids is 2. The molecule has 4 fully saturated rings. The van der Waals surface area contributed by atoms with E-state index in [1.54, 1.807) is 24.3 Å². The Morgan fingerprint density at radius 2 is 1.33 bits per heavy atom. The Hall–Kier alpha value is -2.62. The van der Waals surface area contributed by atoms with E-state index in [-0.39, 0.29) is 17.4 Å². The van der Waals surface area contributed by atoms with Crippen LogP contribution in [0.25, 0.3) is 0 Å². The van der Waals surface area contributed by atoms with Gasteiger partial charge in [-0.25, -0.2) is 9.59 Å². The second-order valence-corrected chi connectivity index (χ2v) is 16.2. The smallest absolute Gasteiger partial charge is 0.338 e. The minimum atomic E-state index is -0.448. The van der Waals surface area contributed by atoms with Crippen LogP contribution in [0.1, 0.15) is 126 Å². The number of hydrogen-bond acceptors (Lipinski definition) is 4. The number of hydrogen-bond donors (Lipinski definition) is 0. The fourth-order valence-electron chi connectivity index (χ4n) is 11.1. The minimum Gasteiger partial charge on any atom is -0.455 e. The lowest BCUT2D eigenvalue weighted by Gasteiger charge is -2.62. The van der Waals surface area contributed by atoms with Gasteiger partial charge in [-0.15, -0.1) is 0 Å². The Balaban J connectivity index is 1.21. The summed E-state index contributed by atoms with van der Waals surface area (Å²) in [5.41, 5.74) is 1.61. The quantitative estimate of drug-likeness (QED) is 0.264. The van der Waals surface area contributed by atoms with Crippen LogP contribution in [0.3, 0.4) is 0 Å². The molecule has 6 rings (SSSR count). The van der Waals surface area contributed by atoms with E-state index < -0.39 is 12.2 Å². The Morgan fingerprint density at radius 3 is 1.96 bits per heavy atom. The fraction of sp³-hybridized carbons (Fsp3) is 0.659. The molecule has 2 aromatic rings. The highest BCUT2D eigenvalue weighted by Crippen LogP contribution is 2.68. The van der Waals surface area contributed by atoms with Crippen molar-refractivity contribution in [3.63, 3.8) is 0 Å². The van der Waals surface area contributed by atoms with Gasteiger partial charge in [-0.2, -0.15) is 0 Å². The van der Waals surface area contributed by atoms with Gasteiger partial charge in [-0.05, 0) is 128 Å². The first kappa shape index (κ1) is 32.3. The van der Waals surface area contributed by atoms with Crippen LogP contribution < -0.4 is 0 Å². The van der Waals surface area contributed by atoms with Crippen molar-refractivity contribution in [3.8, 4) is 0 Å². The van der Waals surface area contributed by atoms with Crippen molar-refractivity contribution < 1.29 is 19.1 Å². The van der Waals surface area contributed by atoms with Gasteiger partial charge in [-0.1, -0.05) is 90.3 Å². The maximum Gasteiger partial charge on any atom is 0.338 e. The molecule has 4 nitrogen and oxygen atoms in total. The van der Waals surface area contributed by atoms with E-state index in [0.29, 0.717) is 28.4 Å². The van der Waals surface area contributed by atoms with E-state index in [1.165, 1.54) is 57.8 Å². The molecule has 10 atom stereocenters. The largest absolute Gasteiger partial charge is 0.455 e. The van der Waals surface area contributed by atoms with Gasteiger partial charge in [0.15, 0.2) is 0 Å². The Bertz CT molecular complexity index is 1310. The van der Waals surface area contributed by atoms with Crippen LogP contribution in [0, 0.1) is 52.3 Å². The van der Waals surface area contributed by atoms with E-state index in [2.05, 4.69) is 34.6 Å². The highest BCUT2D eigenvalue weighted by molar-refractivity contribution is 5.90. The van der Waals surface area contributed by atoms with E-state index in [1.807, 2.05) is 36.4 Å². The van der Waals surface area contributed by atoms with Gasteiger partial charge >= 0.3 is 11.9 Å². The van der Waals surface area contributed by atoms with Crippen LogP contribution in [0.2, 0.25) is 0 Å². The molecule has 0 aromatic heterocycles. The number of rotatable bonds is 9. The predicted octanol–water partition coefficient (Wildman–Crippen LogP) is 10.2. The Morgan fingerprint density at radius 1 is 0.733 bits per heavy atom. The van der Waals surface area contributed by atoms with Crippen LogP contribution in [-0.2, 0) is 9.47 Å². The summed E-state index contributed by atoms with van der Waals surface area (Å²) in [4.78, 5) is 26.7. The molecule has 244 valence electrons. The fourth-order valence-corrected chi connectivity index (χ4v) is 11.1. The zero-order chi connectivity index (χ0) is 31.8. The standard InChI is InChI=1S/C41H56O4/c1-27(2)13-12-14-28(3)33-21-22-34-32-20-19-31-25-36(44-38(42)29-15-8-6-9-16-29)37(45-39(43)30-17-10-7-11-18-30)26-41(31,5)35(32)23-24-40(33,34)4/h6-11,15-18,27-28,31-37H,12-14,19-26H2,1-5H3/t28-,31+,32+,33-,34+,35+,36-,37-,40-,41+/m1/s1. The minimum absolute atomic E-state index is 0.0719. The molecule has 2 aromatic carbocycles. The lowest BCUT2D eigenvalue weighted by Crippen LogP contribution is -2.58. The summed E-state index contributed by atoms with van der Waals surface area (Å²) < 4.78 is 12.5. The summed E-state index contributed by atoms with van der Waals surface area (Å²) in [5.74, 6) is 4.43.